The molecule has 3 aromatic carbocycles. The van der Waals surface area contributed by atoms with Crippen molar-refractivity contribution in [3.05, 3.63) is 101 Å². The minimum atomic E-state index is -0.730. The zero-order chi connectivity index (χ0) is 27.2. The number of hydrogen-bond acceptors (Lipinski definition) is 6. The number of benzene rings is 3. The van der Waals surface area contributed by atoms with E-state index >= 15 is 0 Å². The lowest BCUT2D eigenvalue weighted by Crippen LogP contribution is -2.32. The van der Waals surface area contributed by atoms with E-state index in [1.165, 1.54) is 18.2 Å². The molecule has 3 aromatic rings. The molecule has 1 N–H and O–H groups in total. The summed E-state index contributed by atoms with van der Waals surface area (Å²) in [6, 6.07) is 21.9. The molecule has 8 nitrogen and oxygen atoms in total. The molecular formula is C29H26ClN3O5. The van der Waals surface area contributed by atoms with Crippen molar-refractivity contribution in [2.24, 2.45) is 0 Å². The van der Waals surface area contributed by atoms with Crippen LogP contribution in [0.25, 0.3) is 0 Å². The molecule has 0 spiro atoms. The van der Waals surface area contributed by atoms with Crippen molar-refractivity contribution in [2.75, 3.05) is 28.3 Å². The van der Waals surface area contributed by atoms with Gasteiger partial charge in [0.2, 0.25) is 0 Å². The molecule has 1 aliphatic rings. The van der Waals surface area contributed by atoms with Crippen LogP contribution in [0.15, 0.2) is 89.6 Å². The lowest BCUT2D eigenvalue weighted by Gasteiger charge is -2.21. The van der Waals surface area contributed by atoms with Crippen molar-refractivity contribution in [1.29, 1.82) is 0 Å². The summed E-state index contributed by atoms with van der Waals surface area (Å²) in [4.78, 5) is 54.2. The highest BCUT2D eigenvalue weighted by atomic mass is 35.5. The maximum absolute atomic E-state index is 13.3. The predicted octanol–water partition coefficient (Wildman–Crippen LogP) is 5.36. The van der Waals surface area contributed by atoms with E-state index in [1.54, 1.807) is 35.2 Å². The number of esters is 1. The maximum atomic E-state index is 13.3. The van der Waals surface area contributed by atoms with E-state index in [4.69, 9.17) is 16.3 Å². The van der Waals surface area contributed by atoms with Crippen LogP contribution in [0, 0.1) is 0 Å². The van der Waals surface area contributed by atoms with Gasteiger partial charge in [0.1, 0.15) is 10.7 Å². The van der Waals surface area contributed by atoms with Gasteiger partial charge in [-0.15, -0.1) is 0 Å². The summed E-state index contributed by atoms with van der Waals surface area (Å²) in [5.41, 5.74) is 1.83. The molecule has 1 heterocycles. The first-order chi connectivity index (χ1) is 18.3. The van der Waals surface area contributed by atoms with E-state index < -0.39 is 17.8 Å². The molecule has 38 heavy (non-hydrogen) atoms. The zero-order valence-electron chi connectivity index (χ0n) is 20.9. The second-order valence-electron chi connectivity index (χ2n) is 8.41. The molecule has 0 bridgehead atoms. The third-order valence-electron chi connectivity index (χ3n) is 5.81. The third-order valence-corrected chi connectivity index (χ3v) is 6.16. The van der Waals surface area contributed by atoms with Crippen LogP contribution in [-0.2, 0) is 14.3 Å². The summed E-state index contributed by atoms with van der Waals surface area (Å²) in [6.45, 7) is 4.48. The molecule has 0 aromatic heterocycles. The van der Waals surface area contributed by atoms with Gasteiger partial charge in [0.25, 0.3) is 17.7 Å². The first-order valence-electron chi connectivity index (χ1n) is 12.2. The van der Waals surface area contributed by atoms with E-state index in [2.05, 4.69) is 5.32 Å². The smallest absolute Gasteiger partial charge is 0.338 e. The van der Waals surface area contributed by atoms with Crippen molar-refractivity contribution in [1.82, 2.24) is 0 Å². The van der Waals surface area contributed by atoms with Crippen LogP contribution in [0.4, 0.5) is 17.1 Å². The molecule has 0 saturated heterocycles. The predicted molar refractivity (Wildman–Crippen MR) is 146 cm³/mol. The number of carbonyl (C=O) groups is 4. The molecule has 194 valence electrons. The van der Waals surface area contributed by atoms with Crippen LogP contribution < -0.4 is 15.1 Å². The number of nitrogens with one attached hydrogen (secondary N) is 1. The van der Waals surface area contributed by atoms with Gasteiger partial charge < -0.3 is 15.0 Å². The Morgan fingerprint density at radius 1 is 0.895 bits per heavy atom. The van der Waals surface area contributed by atoms with Gasteiger partial charge in [-0.05, 0) is 61.9 Å². The van der Waals surface area contributed by atoms with E-state index in [1.807, 2.05) is 44.2 Å². The fourth-order valence-corrected chi connectivity index (χ4v) is 4.19. The molecule has 0 fully saturated rings. The molecule has 1 aliphatic heterocycles. The van der Waals surface area contributed by atoms with Crippen LogP contribution >= 0.6 is 11.6 Å². The monoisotopic (exact) mass is 531 g/mol. The van der Waals surface area contributed by atoms with Gasteiger partial charge in [-0.25, -0.2) is 9.69 Å². The summed E-state index contributed by atoms with van der Waals surface area (Å²) in [7, 11) is 0. The van der Waals surface area contributed by atoms with Crippen molar-refractivity contribution < 1.29 is 23.9 Å². The molecular weight excluding hydrogens is 506 g/mol. The number of halogens is 1. The van der Waals surface area contributed by atoms with E-state index in [-0.39, 0.29) is 34.5 Å². The minimum absolute atomic E-state index is 0.129. The molecule has 0 saturated carbocycles. The zero-order valence-corrected chi connectivity index (χ0v) is 21.7. The number of para-hydroxylation sites is 1. The third kappa shape index (κ3) is 5.45. The van der Waals surface area contributed by atoms with Crippen LogP contribution in [0.5, 0.6) is 0 Å². The van der Waals surface area contributed by atoms with E-state index in [0.29, 0.717) is 24.2 Å². The first kappa shape index (κ1) is 26.6. The molecule has 0 aliphatic carbocycles. The summed E-state index contributed by atoms with van der Waals surface area (Å²) in [5, 5.41) is 2.60. The first-order valence-corrected chi connectivity index (χ1v) is 12.5. The Morgan fingerprint density at radius 2 is 1.61 bits per heavy atom. The lowest BCUT2D eigenvalue weighted by molar-refractivity contribution is -0.120. The van der Waals surface area contributed by atoms with Crippen LogP contribution in [0.3, 0.4) is 0 Å². The van der Waals surface area contributed by atoms with Gasteiger partial charge in [0, 0.05) is 23.5 Å². The second kappa shape index (κ2) is 11.7. The van der Waals surface area contributed by atoms with Gasteiger partial charge in [-0.1, -0.05) is 48.9 Å². The van der Waals surface area contributed by atoms with Crippen molar-refractivity contribution in [2.45, 2.75) is 20.3 Å². The van der Waals surface area contributed by atoms with Gasteiger partial charge in [-0.3, -0.25) is 14.4 Å². The fraction of sp³-hybridized carbons (Fsp3) is 0.172. The van der Waals surface area contributed by atoms with Crippen LogP contribution in [-0.4, -0.2) is 36.8 Å². The number of anilines is 3. The average Bonchev–Trinajstić information content (AvgIpc) is 3.15. The minimum Gasteiger partial charge on any atom is -0.462 e. The Balaban J connectivity index is 1.55. The van der Waals surface area contributed by atoms with Gasteiger partial charge >= 0.3 is 5.97 Å². The van der Waals surface area contributed by atoms with Crippen molar-refractivity contribution >= 4 is 52.4 Å². The highest BCUT2D eigenvalue weighted by Crippen LogP contribution is 2.31. The Morgan fingerprint density at radius 3 is 2.32 bits per heavy atom. The quantitative estimate of drug-likeness (QED) is 0.295. The van der Waals surface area contributed by atoms with E-state index in [9.17, 15) is 19.2 Å². The number of amides is 3. The Kier molecular flexibility index (Phi) is 8.23. The Bertz CT molecular complexity index is 1420. The average molecular weight is 532 g/mol. The standard InChI is InChI=1S/C29H26ClN3O5/c1-3-16-38-29(37)20-11-9-15-23(18-20)33-27(35)24(30)25(28(33)36)31-21-12-8-10-19(17-21)26(34)32(4-2)22-13-6-5-7-14-22/h5-15,17-18,31H,3-4,16H2,1-2H3. The number of ether oxygens (including phenoxy) is 1. The SMILES string of the molecule is CCCOC(=O)c1cccc(N2C(=O)C(Cl)=C(Nc3cccc(C(=O)N(CC)c4ccccc4)c3)C2=O)c1. The normalized spacial score (nSPS) is 13.1. The van der Waals surface area contributed by atoms with Crippen LogP contribution in [0.1, 0.15) is 41.0 Å². The number of rotatable bonds is 9. The molecule has 4 rings (SSSR count). The molecule has 0 unspecified atom stereocenters. The molecule has 9 heteroatoms. The summed E-state index contributed by atoms with van der Waals surface area (Å²) < 4.78 is 5.15. The number of imide groups is 1. The Hall–Kier alpha value is -4.43. The number of carbonyl (C=O) groups excluding carboxylic acids is 4. The molecule has 0 atom stereocenters. The van der Waals surface area contributed by atoms with Gasteiger partial charge in [0.05, 0.1) is 17.9 Å². The van der Waals surface area contributed by atoms with Gasteiger partial charge in [0.15, 0.2) is 0 Å². The lowest BCUT2D eigenvalue weighted by atomic mass is 10.1. The number of nitrogens with zero attached hydrogens (tertiary/aromatic N) is 2. The molecule has 0 radical (unpaired) electrons. The maximum Gasteiger partial charge on any atom is 0.338 e. The highest BCUT2D eigenvalue weighted by Gasteiger charge is 2.39. The summed E-state index contributed by atoms with van der Waals surface area (Å²) in [5.74, 6) is -2.19. The Labute approximate surface area is 225 Å². The van der Waals surface area contributed by atoms with Crippen molar-refractivity contribution in [3.8, 4) is 0 Å². The largest absolute Gasteiger partial charge is 0.462 e. The topological polar surface area (TPSA) is 96.0 Å². The molecule has 3 amide bonds. The van der Waals surface area contributed by atoms with Crippen LogP contribution in [0.2, 0.25) is 0 Å². The van der Waals surface area contributed by atoms with Gasteiger partial charge in [-0.2, -0.15) is 0 Å². The summed E-state index contributed by atoms with van der Waals surface area (Å²) in [6.07, 6.45) is 0.665. The van der Waals surface area contributed by atoms with E-state index in [0.717, 1.165) is 10.6 Å². The van der Waals surface area contributed by atoms with Crippen molar-refractivity contribution in [3.63, 3.8) is 0 Å². The summed E-state index contributed by atoms with van der Waals surface area (Å²) >= 11 is 6.28. The second-order valence-corrected chi connectivity index (χ2v) is 8.79. The fourth-order valence-electron chi connectivity index (χ4n) is 3.98. The highest BCUT2D eigenvalue weighted by molar-refractivity contribution is 6.53. The number of hydrogen-bond donors (Lipinski definition) is 1.